The molecule has 1 aromatic heterocycles. The molecule has 0 spiro atoms. The Balaban J connectivity index is 1.62. The second kappa shape index (κ2) is 7.78. The van der Waals surface area contributed by atoms with Gasteiger partial charge >= 0.3 is 0 Å². The molecule has 2 aliphatic heterocycles. The maximum Gasteiger partial charge on any atom is 0.273 e. The fraction of sp³-hybridized carbons (Fsp3) is 0.304. The van der Waals surface area contributed by atoms with Crippen LogP contribution in [0.3, 0.4) is 0 Å². The first-order chi connectivity index (χ1) is 14.7. The molecule has 2 atom stereocenters. The lowest BCUT2D eigenvalue weighted by atomic mass is 9.96. The zero-order valence-corrected chi connectivity index (χ0v) is 17.4. The number of nitrogens with one attached hydrogen (secondary N) is 1. The summed E-state index contributed by atoms with van der Waals surface area (Å²) in [6.45, 7) is 1.27. The van der Waals surface area contributed by atoms with Gasteiger partial charge < -0.3 is 14.4 Å². The molecule has 2 unspecified atom stereocenters. The number of rotatable bonds is 5. The number of H-pyrrole nitrogens is 1. The van der Waals surface area contributed by atoms with Crippen molar-refractivity contribution in [3.8, 4) is 17.0 Å². The van der Waals surface area contributed by atoms with E-state index in [2.05, 4.69) is 10.2 Å². The van der Waals surface area contributed by atoms with Crippen molar-refractivity contribution in [1.82, 2.24) is 15.1 Å². The number of ether oxygens (including phenoxy) is 2. The van der Waals surface area contributed by atoms with Crippen molar-refractivity contribution >= 4 is 17.5 Å². The average molecular weight is 424 g/mol. The highest BCUT2D eigenvalue weighted by Gasteiger charge is 2.44. The van der Waals surface area contributed by atoms with E-state index >= 15 is 0 Å². The summed E-state index contributed by atoms with van der Waals surface area (Å²) in [4.78, 5) is 15.2. The maximum atomic E-state index is 13.4. The van der Waals surface area contributed by atoms with Crippen LogP contribution in [0.4, 0.5) is 0 Å². The van der Waals surface area contributed by atoms with E-state index in [9.17, 15) is 4.79 Å². The highest BCUT2D eigenvalue weighted by molar-refractivity contribution is 6.31. The maximum absolute atomic E-state index is 13.4. The van der Waals surface area contributed by atoms with Gasteiger partial charge in [-0.2, -0.15) is 5.10 Å². The van der Waals surface area contributed by atoms with Gasteiger partial charge in [0.1, 0.15) is 11.4 Å². The van der Waals surface area contributed by atoms with Gasteiger partial charge in [0.2, 0.25) is 0 Å². The standard InChI is InChI=1S/C23H22ClN3O3/c1-29-15-10-8-14(9-11-15)20-19-21(26-25-20)23(28)27(13-16-5-4-12-30-16)22(19)17-6-2-3-7-18(17)24/h2-3,6-11,16,22H,4-5,12-13H2,1H3,(H,25,26). The first-order valence-electron chi connectivity index (χ1n) is 10.1. The van der Waals surface area contributed by atoms with Gasteiger partial charge in [0, 0.05) is 29.3 Å². The van der Waals surface area contributed by atoms with Crippen LogP contribution >= 0.6 is 11.6 Å². The van der Waals surface area contributed by atoms with Crippen molar-refractivity contribution in [2.45, 2.75) is 25.0 Å². The van der Waals surface area contributed by atoms with Gasteiger partial charge in [-0.25, -0.2) is 0 Å². The van der Waals surface area contributed by atoms with Crippen LogP contribution in [0.15, 0.2) is 48.5 Å². The van der Waals surface area contributed by atoms with Gasteiger partial charge in [-0.05, 0) is 48.7 Å². The number of carbonyl (C=O) groups is 1. The monoisotopic (exact) mass is 423 g/mol. The second-order valence-electron chi connectivity index (χ2n) is 7.61. The summed E-state index contributed by atoms with van der Waals surface area (Å²) in [5.74, 6) is 0.697. The number of aromatic amines is 1. The number of hydrogen-bond donors (Lipinski definition) is 1. The SMILES string of the molecule is COc1ccc(-c2n[nH]c3c2C(c2ccccc2Cl)N(CC2CCCO2)C3=O)cc1. The van der Waals surface area contributed by atoms with Crippen molar-refractivity contribution in [2.24, 2.45) is 0 Å². The van der Waals surface area contributed by atoms with E-state index in [0.29, 0.717) is 17.3 Å². The number of benzene rings is 2. The van der Waals surface area contributed by atoms with E-state index < -0.39 is 0 Å². The Morgan fingerprint density at radius 1 is 1.23 bits per heavy atom. The number of aromatic nitrogens is 2. The molecule has 1 N–H and O–H groups in total. The molecular weight excluding hydrogens is 402 g/mol. The molecule has 0 aliphatic carbocycles. The van der Waals surface area contributed by atoms with Gasteiger partial charge in [0.15, 0.2) is 0 Å². The van der Waals surface area contributed by atoms with Crippen molar-refractivity contribution in [2.75, 3.05) is 20.3 Å². The first-order valence-corrected chi connectivity index (χ1v) is 10.4. The summed E-state index contributed by atoms with van der Waals surface area (Å²) in [5.41, 5.74) is 3.93. The molecule has 30 heavy (non-hydrogen) atoms. The van der Waals surface area contributed by atoms with E-state index in [1.165, 1.54) is 0 Å². The minimum absolute atomic E-state index is 0.0420. The predicted molar refractivity (Wildman–Crippen MR) is 114 cm³/mol. The number of hydrogen-bond acceptors (Lipinski definition) is 4. The highest BCUT2D eigenvalue weighted by Crippen LogP contribution is 2.45. The van der Waals surface area contributed by atoms with Crippen molar-refractivity contribution in [3.05, 3.63) is 70.4 Å². The Hall–Kier alpha value is -2.83. The molecule has 7 heteroatoms. The van der Waals surface area contributed by atoms with Crippen LogP contribution in [-0.2, 0) is 4.74 Å². The van der Waals surface area contributed by atoms with E-state index in [0.717, 1.165) is 47.6 Å². The lowest BCUT2D eigenvalue weighted by Crippen LogP contribution is -2.36. The third kappa shape index (κ3) is 3.16. The van der Waals surface area contributed by atoms with Crippen LogP contribution in [0, 0.1) is 0 Å². The van der Waals surface area contributed by atoms with Crippen molar-refractivity contribution in [1.29, 1.82) is 0 Å². The molecule has 0 saturated carbocycles. The Labute approximate surface area is 179 Å². The summed E-state index contributed by atoms with van der Waals surface area (Å²) in [7, 11) is 1.64. The van der Waals surface area contributed by atoms with Gasteiger partial charge in [-0.15, -0.1) is 0 Å². The van der Waals surface area contributed by atoms with Crippen LogP contribution in [0.5, 0.6) is 5.75 Å². The molecule has 1 amide bonds. The van der Waals surface area contributed by atoms with Crippen LogP contribution in [0.1, 0.15) is 40.5 Å². The smallest absolute Gasteiger partial charge is 0.273 e. The molecule has 3 aromatic rings. The summed E-state index contributed by atoms with van der Waals surface area (Å²) < 4.78 is 11.1. The van der Waals surface area contributed by atoms with E-state index in [-0.39, 0.29) is 18.1 Å². The lowest BCUT2D eigenvalue weighted by Gasteiger charge is -2.29. The number of carbonyl (C=O) groups excluding carboxylic acids is 1. The first kappa shape index (κ1) is 19.2. The Kier molecular flexibility index (Phi) is 4.97. The predicted octanol–water partition coefficient (Wildman–Crippen LogP) is 4.46. The third-order valence-electron chi connectivity index (χ3n) is 5.85. The van der Waals surface area contributed by atoms with Crippen LogP contribution < -0.4 is 4.74 Å². The van der Waals surface area contributed by atoms with E-state index in [1.807, 2.05) is 53.4 Å². The average Bonchev–Trinajstić information content (AvgIpc) is 3.49. The highest BCUT2D eigenvalue weighted by atomic mass is 35.5. The van der Waals surface area contributed by atoms with E-state index in [1.54, 1.807) is 7.11 Å². The molecule has 1 fully saturated rings. The van der Waals surface area contributed by atoms with Gasteiger partial charge in [-0.1, -0.05) is 29.8 Å². The molecule has 2 aliphatic rings. The molecule has 154 valence electrons. The number of methoxy groups -OCH3 is 1. The summed E-state index contributed by atoms with van der Waals surface area (Å²) in [6, 6.07) is 15.0. The molecular formula is C23H22ClN3O3. The number of amides is 1. The quantitative estimate of drug-likeness (QED) is 0.657. The minimum atomic E-state index is -0.318. The number of fused-ring (bicyclic) bond motifs is 1. The molecule has 3 heterocycles. The topological polar surface area (TPSA) is 67.4 Å². The van der Waals surface area contributed by atoms with E-state index in [4.69, 9.17) is 21.1 Å². The van der Waals surface area contributed by atoms with Crippen molar-refractivity contribution < 1.29 is 14.3 Å². The Morgan fingerprint density at radius 2 is 2.03 bits per heavy atom. The van der Waals surface area contributed by atoms with Crippen LogP contribution in [0.2, 0.25) is 5.02 Å². The lowest BCUT2D eigenvalue weighted by molar-refractivity contribution is 0.0495. The Morgan fingerprint density at radius 3 is 2.73 bits per heavy atom. The molecule has 0 radical (unpaired) electrons. The van der Waals surface area contributed by atoms with Gasteiger partial charge in [-0.3, -0.25) is 9.89 Å². The molecule has 6 nitrogen and oxygen atoms in total. The normalized spacial score (nSPS) is 20.6. The van der Waals surface area contributed by atoms with Crippen LogP contribution in [0.25, 0.3) is 11.3 Å². The number of nitrogens with zero attached hydrogens (tertiary/aromatic N) is 2. The Bertz CT molecular complexity index is 1070. The second-order valence-corrected chi connectivity index (χ2v) is 8.01. The summed E-state index contributed by atoms with van der Waals surface area (Å²) >= 11 is 6.59. The zero-order valence-electron chi connectivity index (χ0n) is 16.6. The largest absolute Gasteiger partial charge is 0.497 e. The van der Waals surface area contributed by atoms with Gasteiger partial charge in [0.25, 0.3) is 5.91 Å². The zero-order chi connectivity index (χ0) is 20.7. The summed E-state index contributed by atoms with van der Waals surface area (Å²) in [5, 5.41) is 8.11. The third-order valence-corrected chi connectivity index (χ3v) is 6.20. The molecule has 2 aromatic carbocycles. The fourth-order valence-corrected chi connectivity index (χ4v) is 4.62. The molecule has 1 saturated heterocycles. The van der Waals surface area contributed by atoms with Gasteiger partial charge in [0.05, 0.1) is 24.9 Å². The summed E-state index contributed by atoms with van der Waals surface area (Å²) in [6.07, 6.45) is 2.02. The molecule has 5 rings (SSSR count). The van der Waals surface area contributed by atoms with Crippen molar-refractivity contribution in [3.63, 3.8) is 0 Å². The fourth-order valence-electron chi connectivity index (χ4n) is 4.38. The molecule has 0 bridgehead atoms. The number of halogens is 1. The van der Waals surface area contributed by atoms with Crippen LogP contribution in [-0.4, -0.2) is 47.4 Å². The minimum Gasteiger partial charge on any atom is -0.497 e.